The molecule has 8 nitrogen and oxygen atoms in total. The summed E-state index contributed by atoms with van der Waals surface area (Å²) < 4.78 is 4.55. The van der Waals surface area contributed by atoms with Gasteiger partial charge in [-0.2, -0.15) is 5.10 Å². The molecule has 0 aliphatic carbocycles. The van der Waals surface area contributed by atoms with Gasteiger partial charge in [0, 0.05) is 10.9 Å². The van der Waals surface area contributed by atoms with Gasteiger partial charge in [-0.05, 0) is 18.2 Å². The number of benzene rings is 2. The Balaban J connectivity index is 1.89. The van der Waals surface area contributed by atoms with Crippen LogP contribution in [0.4, 0.5) is 10.7 Å². The first-order valence-electron chi connectivity index (χ1n) is 7.59. The molecule has 0 aliphatic rings. The van der Waals surface area contributed by atoms with Gasteiger partial charge in [-0.3, -0.25) is 10.1 Å². The topological polar surface area (TPSA) is 113 Å². The maximum absolute atomic E-state index is 12.0. The van der Waals surface area contributed by atoms with Gasteiger partial charge in [0.15, 0.2) is 0 Å². The fourth-order valence-electron chi connectivity index (χ4n) is 2.75. The molecule has 0 radical (unpaired) electrons. The van der Waals surface area contributed by atoms with Crippen LogP contribution in [0.25, 0.3) is 33.1 Å². The number of imidazole rings is 1. The van der Waals surface area contributed by atoms with Crippen molar-refractivity contribution >= 4 is 45.4 Å². The van der Waals surface area contributed by atoms with E-state index in [0.717, 1.165) is 0 Å². The van der Waals surface area contributed by atoms with E-state index in [0.29, 0.717) is 38.1 Å². The zero-order valence-corrected chi connectivity index (χ0v) is 14.2. The van der Waals surface area contributed by atoms with E-state index in [1.165, 1.54) is 7.11 Å². The van der Waals surface area contributed by atoms with Gasteiger partial charge in [0.05, 0.1) is 28.7 Å². The number of aromatic nitrogens is 4. The summed E-state index contributed by atoms with van der Waals surface area (Å²) in [6.45, 7) is 0. The van der Waals surface area contributed by atoms with Crippen LogP contribution < -0.4 is 10.9 Å². The molecular weight excluding hydrogens is 358 g/mol. The Bertz CT molecular complexity index is 1210. The van der Waals surface area contributed by atoms with Crippen LogP contribution in [0.5, 0.6) is 0 Å². The highest BCUT2D eigenvalue weighted by Gasteiger charge is 2.14. The molecule has 0 aliphatic heterocycles. The number of nitrogens with zero attached hydrogens (tertiary/aromatic N) is 2. The first-order valence-corrected chi connectivity index (χ1v) is 7.96. The lowest BCUT2D eigenvalue weighted by atomic mass is 10.0. The van der Waals surface area contributed by atoms with Gasteiger partial charge in [0.2, 0.25) is 5.95 Å². The maximum atomic E-state index is 12.0. The third-order valence-corrected chi connectivity index (χ3v) is 4.20. The Hall–Kier alpha value is -3.39. The average molecular weight is 370 g/mol. The van der Waals surface area contributed by atoms with Crippen molar-refractivity contribution in [3.8, 4) is 11.3 Å². The van der Waals surface area contributed by atoms with Crippen LogP contribution in [0.3, 0.4) is 0 Å². The number of rotatable bonds is 2. The number of carbonyl (C=O) groups is 1. The summed E-state index contributed by atoms with van der Waals surface area (Å²) >= 11 is 6.35. The zero-order valence-electron chi connectivity index (χ0n) is 13.5. The van der Waals surface area contributed by atoms with Gasteiger partial charge in [0.1, 0.15) is 5.52 Å². The van der Waals surface area contributed by atoms with Crippen molar-refractivity contribution in [1.82, 2.24) is 20.2 Å². The quantitative estimate of drug-likeness (QED) is 0.501. The fraction of sp³-hybridized carbons (Fsp3) is 0.0588. The Morgan fingerprint density at radius 1 is 1.23 bits per heavy atom. The molecule has 0 unspecified atom stereocenters. The molecule has 0 atom stereocenters. The third kappa shape index (κ3) is 2.66. The Labute approximate surface area is 151 Å². The van der Waals surface area contributed by atoms with Crippen molar-refractivity contribution in [2.75, 3.05) is 12.4 Å². The van der Waals surface area contributed by atoms with Crippen LogP contribution in [0.2, 0.25) is 5.02 Å². The molecule has 26 heavy (non-hydrogen) atoms. The Morgan fingerprint density at radius 3 is 2.77 bits per heavy atom. The number of nitrogens with one attached hydrogen (secondary N) is 3. The normalized spacial score (nSPS) is 11.0. The van der Waals surface area contributed by atoms with Gasteiger partial charge < -0.3 is 9.72 Å². The molecular formula is C17H12ClN5O3. The summed E-state index contributed by atoms with van der Waals surface area (Å²) in [6, 6.07) is 10.7. The van der Waals surface area contributed by atoms with Crippen LogP contribution in [0.1, 0.15) is 0 Å². The second-order valence-corrected chi connectivity index (χ2v) is 5.91. The van der Waals surface area contributed by atoms with Crippen molar-refractivity contribution < 1.29 is 9.53 Å². The van der Waals surface area contributed by atoms with E-state index >= 15 is 0 Å². The number of amides is 1. The second-order valence-electron chi connectivity index (χ2n) is 5.50. The van der Waals surface area contributed by atoms with Gasteiger partial charge >= 0.3 is 6.09 Å². The SMILES string of the molecule is COC(=O)Nc1nc2c(Cl)cc(-c3n[nH]c(=O)c4ccccc34)cc2[nH]1. The van der Waals surface area contributed by atoms with Crippen LogP contribution in [0.15, 0.2) is 41.2 Å². The van der Waals surface area contributed by atoms with Crippen molar-refractivity contribution in [3.63, 3.8) is 0 Å². The monoisotopic (exact) mass is 369 g/mol. The lowest BCUT2D eigenvalue weighted by Gasteiger charge is -2.06. The highest BCUT2D eigenvalue weighted by molar-refractivity contribution is 6.35. The zero-order chi connectivity index (χ0) is 18.3. The number of fused-ring (bicyclic) bond motifs is 2. The second kappa shape index (κ2) is 6.16. The Kier molecular flexibility index (Phi) is 3.81. The number of halogens is 1. The molecule has 4 aromatic rings. The summed E-state index contributed by atoms with van der Waals surface area (Å²) in [4.78, 5) is 30.5. The van der Waals surface area contributed by atoms with Gasteiger partial charge in [-0.1, -0.05) is 29.8 Å². The molecule has 0 saturated heterocycles. The van der Waals surface area contributed by atoms with Crippen molar-refractivity contribution in [1.29, 1.82) is 0 Å². The smallest absolute Gasteiger partial charge is 0.413 e. The summed E-state index contributed by atoms with van der Waals surface area (Å²) in [6.07, 6.45) is -0.645. The van der Waals surface area contributed by atoms with Gasteiger partial charge in [-0.15, -0.1) is 0 Å². The lowest BCUT2D eigenvalue weighted by molar-refractivity contribution is 0.186. The van der Waals surface area contributed by atoms with E-state index < -0.39 is 6.09 Å². The lowest BCUT2D eigenvalue weighted by Crippen LogP contribution is -2.11. The van der Waals surface area contributed by atoms with Crippen LogP contribution in [-0.4, -0.2) is 33.4 Å². The summed E-state index contributed by atoms with van der Waals surface area (Å²) in [5, 5.41) is 10.7. The molecule has 9 heteroatoms. The third-order valence-electron chi connectivity index (χ3n) is 3.92. The predicted octanol–water partition coefficient (Wildman–Crippen LogP) is 3.30. The summed E-state index contributed by atoms with van der Waals surface area (Å²) in [5.74, 6) is 0.213. The first kappa shape index (κ1) is 16.1. The molecule has 0 spiro atoms. The van der Waals surface area contributed by atoms with Crippen LogP contribution in [0, 0.1) is 0 Å². The van der Waals surface area contributed by atoms with Gasteiger partial charge in [-0.25, -0.2) is 14.9 Å². The van der Waals surface area contributed by atoms with Crippen LogP contribution in [-0.2, 0) is 4.74 Å². The molecule has 130 valence electrons. The minimum Gasteiger partial charge on any atom is -0.453 e. The van der Waals surface area contributed by atoms with Crippen molar-refractivity contribution in [2.24, 2.45) is 0 Å². The first-order chi connectivity index (χ1) is 12.6. The van der Waals surface area contributed by atoms with E-state index in [9.17, 15) is 9.59 Å². The molecule has 4 rings (SSSR count). The standard InChI is InChI=1S/C17H12ClN5O3/c1-26-17(25)21-16-19-12-7-8(6-11(18)14(12)20-16)13-9-4-2-3-5-10(9)15(24)23-22-13/h2-7H,1H3,(H,23,24)(H2,19,20,21,25). The highest BCUT2D eigenvalue weighted by atomic mass is 35.5. The average Bonchev–Trinajstić information content (AvgIpc) is 3.05. The fourth-order valence-corrected chi connectivity index (χ4v) is 3.02. The number of carbonyl (C=O) groups excluding carboxylic acids is 1. The number of ether oxygens (including phenoxy) is 1. The van der Waals surface area contributed by atoms with Crippen molar-refractivity contribution in [3.05, 3.63) is 51.8 Å². The highest BCUT2D eigenvalue weighted by Crippen LogP contribution is 2.32. The van der Waals surface area contributed by atoms with E-state index in [4.69, 9.17) is 11.6 Å². The van der Waals surface area contributed by atoms with E-state index in [1.54, 1.807) is 24.3 Å². The minimum absolute atomic E-state index is 0.213. The minimum atomic E-state index is -0.645. The number of anilines is 1. The molecule has 1 amide bonds. The van der Waals surface area contributed by atoms with E-state index in [-0.39, 0.29) is 11.5 Å². The van der Waals surface area contributed by atoms with Crippen LogP contribution >= 0.6 is 11.6 Å². The molecule has 2 heterocycles. The number of hydrogen-bond donors (Lipinski definition) is 3. The number of H-pyrrole nitrogens is 2. The maximum Gasteiger partial charge on any atom is 0.413 e. The molecule has 0 saturated carbocycles. The number of methoxy groups -OCH3 is 1. The largest absolute Gasteiger partial charge is 0.453 e. The van der Waals surface area contributed by atoms with E-state index in [2.05, 4.69) is 30.2 Å². The van der Waals surface area contributed by atoms with E-state index in [1.807, 2.05) is 12.1 Å². The summed E-state index contributed by atoms with van der Waals surface area (Å²) in [5.41, 5.74) is 2.12. The van der Waals surface area contributed by atoms with Gasteiger partial charge in [0.25, 0.3) is 5.56 Å². The van der Waals surface area contributed by atoms with Crippen molar-refractivity contribution in [2.45, 2.75) is 0 Å². The molecule has 2 aromatic carbocycles. The summed E-state index contributed by atoms with van der Waals surface area (Å²) in [7, 11) is 1.26. The number of aromatic amines is 2. The Morgan fingerprint density at radius 2 is 2.00 bits per heavy atom. The predicted molar refractivity (Wildman–Crippen MR) is 98.5 cm³/mol. The molecule has 2 aromatic heterocycles. The molecule has 3 N–H and O–H groups in total. The molecule has 0 fully saturated rings. The molecule has 0 bridgehead atoms. The number of hydrogen-bond acceptors (Lipinski definition) is 5.